The quantitative estimate of drug-likeness (QED) is 0.0893. The van der Waals surface area contributed by atoms with Crippen LogP contribution in [0.15, 0.2) is 59.9 Å². The number of aromatic nitrogens is 1. The van der Waals surface area contributed by atoms with Gasteiger partial charge in [-0.1, -0.05) is 68.6 Å². The third-order valence-corrected chi connectivity index (χ3v) is 7.18. The molecule has 1 heterocycles. The van der Waals surface area contributed by atoms with Crippen molar-refractivity contribution >= 4 is 34.2 Å². The fourth-order valence-corrected chi connectivity index (χ4v) is 4.88. The highest BCUT2D eigenvalue weighted by molar-refractivity contribution is 6.47. The molecule has 7 nitrogen and oxygen atoms in total. The molecule has 38 heavy (non-hydrogen) atoms. The van der Waals surface area contributed by atoms with Gasteiger partial charge in [-0.05, 0) is 49.9 Å². The molecule has 0 saturated heterocycles. The number of ketones is 2. The van der Waals surface area contributed by atoms with E-state index in [1.54, 1.807) is 18.3 Å². The number of Topliss-reactive ketones (excluding diaryl/α,β-unsaturated/α-hetero) is 2. The van der Waals surface area contributed by atoms with Gasteiger partial charge in [0.2, 0.25) is 5.78 Å². The first-order chi connectivity index (χ1) is 18.3. The molecule has 7 heteroatoms. The predicted molar refractivity (Wildman–Crippen MR) is 150 cm³/mol. The van der Waals surface area contributed by atoms with E-state index in [1.165, 1.54) is 6.92 Å². The van der Waals surface area contributed by atoms with E-state index in [2.05, 4.69) is 12.1 Å². The Labute approximate surface area is 224 Å². The van der Waals surface area contributed by atoms with Crippen molar-refractivity contribution in [2.75, 3.05) is 6.61 Å². The van der Waals surface area contributed by atoms with Crippen molar-refractivity contribution in [2.45, 2.75) is 78.2 Å². The van der Waals surface area contributed by atoms with Crippen LogP contribution in [0.5, 0.6) is 0 Å². The third kappa shape index (κ3) is 6.10. The number of fused-ring (bicyclic) bond motifs is 1. The van der Waals surface area contributed by atoms with E-state index < -0.39 is 11.4 Å². The van der Waals surface area contributed by atoms with Gasteiger partial charge in [0.15, 0.2) is 5.78 Å². The number of aliphatic hydroxyl groups excluding tert-OH is 1. The summed E-state index contributed by atoms with van der Waals surface area (Å²) in [4.78, 5) is 43.9. The van der Waals surface area contributed by atoms with E-state index in [0.717, 1.165) is 36.8 Å². The lowest BCUT2D eigenvalue weighted by atomic mass is 9.73. The van der Waals surface area contributed by atoms with Crippen molar-refractivity contribution in [3.63, 3.8) is 0 Å². The molecule has 0 bridgehead atoms. The van der Waals surface area contributed by atoms with Gasteiger partial charge >= 0.3 is 5.97 Å². The minimum atomic E-state index is -1.09. The second-order valence-corrected chi connectivity index (χ2v) is 9.61. The Kier molecular flexibility index (Phi) is 10.1. The molecule has 1 unspecified atom stereocenters. The second-order valence-electron chi connectivity index (χ2n) is 9.61. The van der Waals surface area contributed by atoms with Gasteiger partial charge in [-0.2, -0.15) is 0 Å². The van der Waals surface area contributed by atoms with Crippen LogP contribution in [-0.4, -0.2) is 39.5 Å². The zero-order valence-corrected chi connectivity index (χ0v) is 22.8. The first kappa shape index (κ1) is 29.0. The molecule has 3 rings (SSSR count). The number of hydrogen-bond donors (Lipinski definition) is 1. The fraction of sp³-hybridized carbons (Fsp3) is 0.419. The van der Waals surface area contributed by atoms with Gasteiger partial charge < -0.3 is 14.5 Å². The minimum Gasteiger partial charge on any atom is -0.395 e. The van der Waals surface area contributed by atoms with Gasteiger partial charge in [-0.25, -0.2) is 4.79 Å². The molecule has 1 aromatic heterocycles. The zero-order chi connectivity index (χ0) is 27.7. The SMILES string of the molecule is CCCCCC/C(=N\OC(C)=O)C(=O)c1cn(CC)c2ccc(C(=O)C(CC)(CO)c3ccccc3)cc12. The van der Waals surface area contributed by atoms with Crippen LogP contribution in [0.25, 0.3) is 10.9 Å². The summed E-state index contributed by atoms with van der Waals surface area (Å²) < 4.78 is 1.95. The van der Waals surface area contributed by atoms with Crippen LogP contribution in [0.1, 0.15) is 92.5 Å². The van der Waals surface area contributed by atoms with Crippen LogP contribution in [0.2, 0.25) is 0 Å². The smallest absolute Gasteiger partial charge is 0.331 e. The highest BCUT2D eigenvalue weighted by atomic mass is 16.7. The molecule has 0 radical (unpaired) electrons. The first-order valence-corrected chi connectivity index (χ1v) is 13.5. The molecule has 0 amide bonds. The molecule has 0 fully saturated rings. The summed E-state index contributed by atoms with van der Waals surface area (Å²) in [5.41, 5.74) is 1.49. The standard InChI is InChI=1S/C31H38N2O5/c1-5-8-9-13-16-27(32-38-22(4)35)29(36)26-20-33(7-3)28-18-17-23(19-25(26)28)30(37)31(6-2,21-34)24-14-11-10-12-15-24/h10-12,14-15,17-20,34H,5-9,13,16,21H2,1-4H3/b32-27+. The molecule has 0 spiro atoms. The Hall–Kier alpha value is -3.58. The van der Waals surface area contributed by atoms with Crippen LogP contribution in [0, 0.1) is 0 Å². The molecule has 0 aliphatic carbocycles. The maximum absolute atomic E-state index is 13.9. The van der Waals surface area contributed by atoms with Gasteiger partial charge in [0.1, 0.15) is 5.71 Å². The van der Waals surface area contributed by atoms with Crippen LogP contribution < -0.4 is 0 Å². The number of carbonyl (C=O) groups is 3. The summed E-state index contributed by atoms with van der Waals surface area (Å²) in [6.07, 6.45) is 6.37. The van der Waals surface area contributed by atoms with Gasteiger partial charge in [0.05, 0.1) is 12.0 Å². The molecule has 3 aromatic rings. The van der Waals surface area contributed by atoms with E-state index in [0.29, 0.717) is 35.9 Å². The van der Waals surface area contributed by atoms with Crippen molar-refractivity contribution in [1.29, 1.82) is 0 Å². The largest absolute Gasteiger partial charge is 0.395 e. The number of hydrogen-bond acceptors (Lipinski definition) is 6. The number of aliphatic hydroxyl groups is 1. The molecule has 0 saturated carbocycles. The van der Waals surface area contributed by atoms with E-state index in [9.17, 15) is 19.5 Å². The first-order valence-electron chi connectivity index (χ1n) is 13.5. The van der Waals surface area contributed by atoms with E-state index in [4.69, 9.17) is 4.84 Å². The van der Waals surface area contributed by atoms with Crippen molar-refractivity contribution in [3.8, 4) is 0 Å². The fourth-order valence-electron chi connectivity index (χ4n) is 4.88. The van der Waals surface area contributed by atoms with Crippen LogP contribution >= 0.6 is 0 Å². The van der Waals surface area contributed by atoms with Gasteiger partial charge in [-0.3, -0.25) is 9.59 Å². The second kappa shape index (κ2) is 13.3. The summed E-state index contributed by atoms with van der Waals surface area (Å²) in [6, 6.07) is 14.6. The topological polar surface area (TPSA) is 98.0 Å². The van der Waals surface area contributed by atoms with Crippen molar-refractivity contribution in [2.24, 2.45) is 5.16 Å². The van der Waals surface area contributed by atoms with Crippen LogP contribution in [0.4, 0.5) is 0 Å². The minimum absolute atomic E-state index is 0.186. The predicted octanol–water partition coefficient (Wildman–Crippen LogP) is 6.26. The number of carbonyl (C=O) groups excluding carboxylic acids is 3. The summed E-state index contributed by atoms with van der Waals surface area (Å²) in [5, 5.41) is 15.0. The van der Waals surface area contributed by atoms with Crippen molar-refractivity contribution in [3.05, 3.63) is 71.4 Å². The van der Waals surface area contributed by atoms with Gasteiger partial charge in [0, 0.05) is 41.7 Å². The molecule has 1 N–H and O–H groups in total. The Morgan fingerprint density at radius 1 is 1.00 bits per heavy atom. The molecule has 0 aliphatic heterocycles. The lowest BCUT2D eigenvalue weighted by molar-refractivity contribution is -0.140. The monoisotopic (exact) mass is 518 g/mol. The molecule has 0 aliphatic rings. The van der Waals surface area contributed by atoms with Gasteiger partial charge in [0.25, 0.3) is 0 Å². The average molecular weight is 519 g/mol. The summed E-state index contributed by atoms with van der Waals surface area (Å²) >= 11 is 0. The molecular formula is C31H38N2O5. The van der Waals surface area contributed by atoms with Crippen LogP contribution in [0.3, 0.4) is 0 Å². The maximum atomic E-state index is 13.9. The number of oxime groups is 1. The van der Waals surface area contributed by atoms with Crippen molar-refractivity contribution in [1.82, 2.24) is 4.57 Å². The van der Waals surface area contributed by atoms with E-state index >= 15 is 0 Å². The summed E-state index contributed by atoms with van der Waals surface area (Å²) in [6.45, 7) is 7.52. The Bertz CT molecular complexity index is 1300. The van der Waals surface area contributed by atoms with Crippen LogP contribution in [-0.2, 0) is 21.6 Å². The zero-order valence-electron chi connectivity index (χ0n) is 22.8. The number of rotatable bonds is 14. The molecule has 2 aromatic carbocycles. The highest BCUT2D eigenvalue weighted by Crippen LogP contribution is 2.34. The molecule has 202 valence electrons. The molecule has 1 atom stereocenters. The Balaban J connectivity index is 2.09. The highest BCUT2D eigenvalue weighted by Gasteiger charge is 2.38. The molecular weight excluding hydrogens is 480 g/mol. The van der Waals surface area contributed by atoms with Crippen molar-refractivity contribution < 1.29 is 24.3 Å². The number of benzene rings is 2. The number of unbranched alkanes of at least 4 members (excludes halogenated alkanes) is 3. The maximum Gasteiger partial charge on any atom is 0.331 e. The normalized spacial score (nSPS) is 13.3. The number of aryl methyl sites for hydroxylation is 1. The Morgan fingerprint density at radius 3 is 2.34 bits per heavy atom. The number of nitrogens with zero attached hydrogens (tertiary/aromatic N) is 2. The average Bonchev–Trinajstić information content (AvgIpc) is 3.31. The van der Waals surface area contributed by atoms with E-state index in [1.807, 2.05) is 54.8 Å². The lowest BCUT2D eigenvalue weighted by Crippen LogP contribution is -2.39. The van der Waals surface area contributed by atoms with E-state index in [-0.39, 0.29) is 23.9 Å². The summed E-state index contributed by atoms with van der Waals surface area (Å²) in [5.74, 6) is -1.11. The van der Waals surface area contributed by atoms with Gasteiger partial charge in [-0.15, -0.1) is 0 Å². The lowest BCUT2D eigenvalue weighted by Gasteiger charge is -2.30. The third-order valence-electron chi connectivity index (χ3n) is 7.18. The summed E-state index contributed by atoms with van der Waals surface area (Å²) in [7, 11) is 0. The Morgan fingerprint density at radius 2 is 1.74 bits per heavy atom.